The van der Waals surface area contributed by atoms with Crippen LogP contribution in [-0.2, 0) is 51.2 Å². The van der Waals surface area contributed by atoms with E-state index in [4.69, 9.17) is 16.6 Å². The van der Waals surface area contributed by atoms with Crippen LogP contribution in [-0.4, -0.2) is 106 Å². The number of amides is 6. The Hall–Kier alpha value is -5.88. The van der Waals surface area contributed by atoms with E-state index in [-0.39, 0.29) is 31.6 Å². The molecule has 7 atom stereocenters. The molecule has 18 nitrogen and oxygen atoms in total. The van der Waals surface area contributed by atoms with E-state index in [0.29, 0.717) is 36.9 Å². The van der Waals surface area contributed by atoms with Crippen molar-refractivity contribution in [3.05, 3.63) is 71.8 Å². The van der Waals surface area contributed by atoms with Crippen molar-refractivity contribution in [2.75, 3.05) is 6.54 Å². The van der Waals surface area contributed by atoms with Gasteiger partial charge in [-0.05, 0) is 62.1 Å². The van der Waals surface area contributed by atoms with Gasteiger partial charge in [-0.3, -0.25) is 33.6 Å². The highest BCUT2D eigenvalue weighted by atomic mass is 16.4. The number of carbonyl (C=O) groups is 8. The zero-order valence-electron chi connectivity index (χ0n) is 35.6. The van der Waals surface area contributed by atoms with E-state index in [0.717, 1.165) is 0 Å². The molecule has 0 spiro atoms. The van der Waals surface area contributed by atoms with Gasteiger partial charge in [0.05, 0.1) is 6.04 Å². The molecule has 0 aliphatic carbocycles. The fraction of sp³-hybridized carbons (Fsp3) is 0.535. The predicted octanol–water partition coefficient (Wildman–Crippen LogP) is 0.508. The number of unbranched alkanes of at least 4 members (excludes halogenated alkanes) is 1. The minimum Gasteiger partial charge on any atom is -0.481 e. The average molecular weight is 853 g/mol. The minimum atomic E-state index is -1.53. The molecule has 6 amide bonds. The van der Waals surface area contributed by atoms with Crippen LogP contribution in [0.4, 0.5) is 0 Å². The zero-order valence-corrected chi connectivity index (χ0v) is 35.6. The normalized spacial score (nSPS) is 14.6. The number of hydrogen-bond acceptors (Lipinski definition) is 10. The van der Waals surface area contributed by atoms with Crippen molar-refractivity contribution in [1.29, 1.82) is 0 Å². The number of rotatable bonds is 27. The zero-order chi connectivity index (χ0) is 45.6. The maximum atomic E-state index is 14.2. The lowest BCUT2D eigenvalue weighted by molar-refractivity contribution is -0.143. The molecular formula is C43H64N8O10. The highest BCUT2D eigenvalue weighted by molar-refractivity contribution is 5.97. The first-order valence-corrected chi connectivity index (χ1v) is 20.6. The van der Waals surface area contributed by atoms with Crippen LogP contribution in [0.5, 0.6) is 0 Å². The Balaban J connectivity index is 2.37. The van der Waals surface area contributed by atoms with Gasteiger partial charge >= 0.3 is 11.9 Å². The van der Waals surface area contributed by atoms with Crippen molar-refractivity contribution < 1.29 is 48.6 Å². The molecule has 0 bridgehead atoms. The second-order valence-corrected chi connectivity index (χ2v) is 15.9. The van der Waals surface area contributed by atoms with Crippen LogP contribution >= 0.6 is 0 Å². The van der Waals surface area contributed by atoms with E-state index in [1.165, 1.54) is 6.92 Å². The lowest BCUT2D eigenvalue weighted by Gasteiger charge is -2.29. The van der Waals surface area contributed by atoms with Crippen LogP contribution in [0, 0.1) is 11.8 Å². The monoisotopic (exact) mass is 852 g/mol. The summed E-state index contributed by atoms with van der Waals surface area (Å²) in [5, 5.41) is 34.2. The topological polar surface area (TPSA) is 301 Å². The van der Waals surface area contributed by atoms with Crippen LogP contribution in [0.25, 0.3) is 0 Å². The van der Waals surface area contributed by atoms with Crippen LogP contribution in [0.1, 0.15) is 84.3 Å². The summed E-state index contributed by atoms with van der Waals surface area (Å²) >= 11 is 0. The molecule has 2 aromatic rings. The summed E-state index contributed by atoms with van der Waals surface area (Å²) in [6.07, 6.45) is 1.01. The fourth-order valence-electron chi connectivity index (χ4n) is 6.26. The van der Waals surface area contributed by atoms with E-state index in [2.05, 4.69) is 31.9 Å². The van der Waals surface area contributed by atoms with Crippen molar-refractivity contribution in [3.63, 3.8) is 0 Å². The van der Waals surface area contributed by atoms with E-state index in [9.17, 15) is 43.5 Å². The molecule has 0 aliphatic heterocycles. The Bertz CT molecular complexity index is 1760. The number of nitrogens with one attached hydrogen (secondary N) is 6. The molecular weight excluding hydrogens is 789 g/mol. The average Bonchev–Trinajstić information content (AvgIpc) is 3.20. The maximum absolute atomic E-state index is 14.2. The molecule has 12 N–H and O–H groups in total. The van der Waals surface area contributed by atoms with Gasteiger partial charge in [-0.15, -0.1) is 0 Å². The van der Waals surface area contributed by atoms with Crippen molar-refractivity contribution in [3.8, 4) is 0 Å². The number of carbonyl (C=O) groups excluding carboxylic acids is 6. The van der Waals surface area contributed by atoms with Crippen molar-refractivity contribution in [2.24, 2.45) is 23.3 Å². The van der Waals surface area contributed by atoms with Gasteiger partial charge in [-0.25, -0.2) is 4.79 Å². The fourth-order valence-corrected chi connectivity index (χ4v) is 6.26. The standard InChI is InChI=1S/C43H64N8O10/c1-25(2)22-32(48-38(55)30(45)18-12-13-21-44)41(58)51-36(26(3)4)42(59)50-34(24-29-16-10-7-11-17-29)40(57)49-33(23-28-14-8-6-9-15-28)39(56)46-27(5)37(54)47-31(43(60)61)19-20-35(52)53/h6-11,14-17,25-27,30-34,36H,12-13,18-24,44-45H2,1-5H3,(H,46,56)(H,47,54)(H,48,55)(H,49,57)(H,50,59)(H,51,58)(H,52,53)(H,60,61)/t27-,30-,31-,32-,33-,34-,36-/m1/s1. The SMILES string of the molecule is CC(C)C[C@@H](NC(=O)[C@H](N)CCCCN)C(=O)N[C@@H](C(=O)N[C@H](Cc1ccccc1)C(=O)N[C@H](Cc1ccccc1)C(=O)N[C@H](C)C(=O)N[C@H](CCC(=O)O)C(=O)O)C(C)C. The molecule has 61 heavy (non-hydrogen) atoms. The second-order valence-electron chi connectivity index (χ2n) is 15.9. The Morgan fingerprint density at radius 1 is 0.557 bits per heavy atom. The third-order valence-electron chi connectivity index (χ3n) is 9.74. The highest BCUT2D eigenvalue weighted by Crippen LogP contribution is 2.12. The van der Waals surface area contributed by atoms with Crippen molar-refractivity contribution >= 4 is 47.4 Å². The number of hydrogen-bond donors (Lipinski definition) is 10. The summed E-state index contributed by atoms with van der Waals surface area (Å²) in [4.78, 5) is 104. The molecule has 0 radical (unpaired) electrons. The molecule has 2 rings (SSSR count). The van der Waals surface area contributed by atoms with Crippen LogP contribution in [0.2, 0.25) is 0 Å². The highest BCUT2D eigenvalue weighted by Gasteiger charge is 2.34. The summed E-state index contributed by atoms with van der Waals surface area (Å²) in [6, 6.07) is 9.06. The van der Waals surface area contributed by atoms with E-state index < -0.39 is 102 Å². The number of benzene rings is 2. The Kier molecular flexibility index (Phi) is 22.1. The Labute approximate surface area is 357 Å². The Morgan fingerprint density at radius 3 is 1.51 bits per heavy atom. The van der Waals surface area contributed by atoms with Crippen molar-refractivity contribution in [2.45, 2.75) is 128 Å². The van der Waals surface area contributed by atoms with Gasteiger partial charge < -0.3 is 53.6 Å². The van der Waals surface area contributed by atoms with Gasteiger partial charge in [0, 0.05) is 19.3 Å². The van der Waals surface area contributed by atoms with Gasteiger partial charge in [-0.1, -0.05) is 94.8 Å². The maximum Gasteiger partial charge on any atom is 0.326 e. The summed E-state index contributed by atoms with van der Waals surface area (Å²) in [6.45, 7) is 8.95. The van der Waals surface area contributed by atoms with Crippen LogP contribution in [0.3, 0.4) is 0 Å². The molecule has 18 heteroatoms. The minimum absolute atomic E-state index is 0.0151. The number of aliphatic carboxylic acids is 2. The molecule has 0 unspecified atom stereocenters. The molecule has 336 valence electrons. The number of nitrogens with two attached hydrogens (primary N) is 2. The molecule has 0 heterocycles. The van der Waals surface area contributed by atoms with Gasteiger partial charge in [0.2, 0.25) is 35.4 Å². The van der Waals surface area contributed by atoms with E-state index in [1.807, 2.05) is 13.8 Å². The second kappa shape index (κ2) is 26.4. The molecule has 0 aromatic heterocycles. The molecule has 0 saturated carbocycles. The molecule has 0 aliphatic rings. The molecule has 2 aromatic carbocycles. The quantitative estimate of drug-likeness (QED) is 0.0550. The Morgan fingerprint density at radius 2 is 1.03 bits per heavy atom. The largest absolute Gasteiger partial charge is 0.481 e. The van der Waals surface area contributed by atoms with E-state index >= 15 is 0 Å². The van der Waals surface area contributed by atoms with Gasteiger partial charge in [0.25, 0.3) is 0 Å². The van der Waals surface area contributed by atoms with Gasteiger partial charge in [-0.2, -0.15) is 0 Å². The molecule has 0 fully saturated rings. The summed E-state index contributed by atoms with van der Waals surface area (Å²) in [7, 11) is 0. The summed E-state index contributed by atoms with van der Waals surface area (Å²) in [5.41, 5.74) is 13.0. The first-order chi connectivity index (χ1) is 28.8. The predicted molar refractivity (Wildman–Crippen MR) is 227 cm³/mol. The van der Waals surface area contributed by atoms with Gasteiger partial charge in [0.15, 0.2) is 0 Å². The van der Waals surface area contributed by atoms with E-state index in [1.54, 1.807) is 74.5 Å². The summed E-state index contributed by atoms with van der Waals surface area (Å²) < 4.78 is 0. The lowest BCUT2D eigenvalue weighted by atomic mass is 9.98. The third-order valence-corrected chi connectivity index (χ3v) is 9.74. The molecule has 0 saturated heterocycles. The number of carboxylic acids is 2. The van der Waals surface area contributed by atoms with Gasteiger partial charge in [0.1, 0.15) is 36.3 Å². The van der Waals surface area contributed by atoms with Crippen LogP contribution < -0.4 is 43.4 Å². The third kappa shape index (κ3) is 18.9. The smallest absolute Gasteiger partial charge is 0.326 e. The summed E-state index contributed by atoms with van der Waals surface area (Å²) in [5.74, 6) is -7.46. The van der Waals surface area contributed by atoms with Crippen molar-refractivity contribution in [1.82, 2.24) is 31.9 Å². The number of carboxylic acid groups (broad SMARTS) is 2. The van der Waals surface area contributed by atoms with Crippen LogP contribution in [0.15, 0.2) is 60.7 Å². The first kappa shape index (κ1) is 51.3. The first-order valence-electron chi connectivity index (χ1n) is 20.6. The lowest BCUT2D eigenvalue weighted by Crippen LogP contribution is -2.61.